The van der Waals surface area contributed by atoms with Crippen LogP contribution in [0.25, 0.3) is 0 Å². The average Bonchev–Trinajstić information content (AvgIpc) is 2.70. The highest BCUT2D eigenvalue weighted by Crippen LogP contribution is 2.32. The van der Waals surface area contributed by atoms with Gasteiger partial charge in [0.1, 0.15) is 0 Å². The molecule has 1 atom stereocenters. The van der Waals surface area contributed by atoms with Gasteiger partial charge in [0, 0.05) is 12.5 Å². The number of Topliss-reactive ketones (excluding diaryl/α,β-unsaturated/α-hetero) is 1. The molecule has 2 aliphatic rings. The zero-order valence-corrected chi connectivity index (χ0v) is 13.6. The molecule has 1 aromatic rings. The number of carbonyl (C=O) groups excluding carboxylic acids is 2. The van der Waals surface area contributed by atoms with Gasteiger partial charge in [-0.3, -0.25) is 14.5 Å². The summed E-state index contributed by atoms with van der Waals surface area (Å²) in [6.07, 6.45) is 8.59. The predicted molar refractivity (Wildman–Crippen MR) is 89.5 cm³/mol. The molecule has 1 aromatic carbocycles. The Balaban J connectivity index is 1.71. The van der Waals surface area contributed by atoms with Gasteiger partial charge < -0.3 is 4.74 Å². The number of hydrogen-bond donors (Lipinski definition) is 0. The molecule has 0 radical (unpaired) electrons. The van der Waals surface area contributed by atoms with Crippen molar-refractivity contribution in [1.82, 2.24) is 0 Å². The number of hydrogen-bond acceptors (Lipinski definition) is 3. The fourth-order valence-electron chi connectivity index (χ4n) is 3.40. The van der Waals surface area contributed by atoms with E-state index in [0.29, 0.717) is 17.9 Å². The number of rotatable bonds is 3. The van der Waals surface area contributed by atoms with E-state index in [-0.39, 0.29) is 11.7 Å². The molecule has 4 nitrogen and oxygen atoms in total. The molecule has 0 bridgehead atoms. The lowest BCUT2D eigenvalue weighted by atomic mass is 10.1. The molecule has 0 saturated heterocycles. The smallest absolute Gasteiger partial charge is 0.226 e. The van der Waals surface area contributed by atoms with Crippen LogP contribution in [0.5, 0.6) is 0 Å². The van der Waals surface area contributed by atoms with Crippen molar-refractivity contribution in [2.24, 2.45) is 0 Å². The van der Waals surface area contributed by atoms with E-state index in [2.05, 4.69) is 6.08 Å². The number of benzene rings is 1. The minimum absolute atomic E-state index is 0.130. The van der Waals surface area contributed by atoms with Gasteiger partial charge in [-0.15, -0.1) is 0 Å². The van der Waals surface area contributed by atoms with Crippen LogP contribution < -0.4 is 4.90 Å². The second kappa shape index (κ2) is 7.09. The zero-order valence-electron chi connectivity index (χ0n) is 13.6. The molecule has 1 fully saturated rings. The summed E-state index contributed by atoms with van der Waals surface area (Å²) in [5.74, 6) is -0.300. The molecule has 122 valence electrons. The van der Waals surface area contributed by atoms with E-state index in [9.17, 15) is 9.59 Å². The van der Waals surface area contributed by atoms with Gasteiger partial charge in [0.2, 0.25) is 17.9 Å². The Bertz CT molecular complexity index is 625. The van der Waals surface area contributed by atoms with Crippen molar-refractivity contribution in [3.05, 3.63) is 41.5 Å². The number of ketones is 1. The lowest BCUT2D eigenvalue weighted by Gasteiger charge is -2.22. The van der Waals surface area contributed by atoms with Crippen LogP contribution in [0.15, 0.2) is 35.9 Å². The molecule has 1 unspecified atom stereocenters. The Morgan fingerprint density at radius 3 is 2.61 bits per heavy atom. The Hall–Kier alpha value is -1.94. The first-order valence-corrected chi connectivity index (χ1v) is 8.41. The van der Waals surface area contributed by atoms with E-state index in [1.165, 1.54) is 43.1 Å². The zero-order chi connectivity index (χ0) is 16.2. The van der Waals surface area contributed by atoms with Gasteiger partial charge in [0.25, 0.3) is 0 Å². The van der Waals surface area contributed by atoms with Crippen molar-refractivity contribution in [1.29, 1.82) is 0 Å². The highest BCUT2D eigenvalue weighted by Gasteiger charge is 2.39. The number of carbonyl (C=O) groups is 2. The monoisotopic (exact) mass is 313 g/mol. The normalized spacial score (nSPS) is 21.1. The minimum atomic E-state index is -0.826. The van der Waals surface area contributed by atoms with Gasteiger partial charge in [0.15, 0.2) is 0 Å². The molecule has 0 aromatic heterocycles. The molecule has 1 aliphatic carbocycles. The van der Waals surface area contributed by atoms with Crippen molar-refractivity contribution in [2.45, 2.75) is 51.7 Å². The summed E-state index contributed by atoms with van der Waals surface area (Å²) in [7, 11) is 0. The van der Waals surface area contributed by atoms with Crippen LogP contribution in [-0.2, 0) is 9.53 Å². The van der Waals surface area contributed by atoms with Crippen molar-refractivity contribution >= 4 is 17.4 Å². The first-order valence-electron chi connectivity index (χ1n) is 8.41. The van der Waals surface area contributed by atoms with E-state index in [1.807, 2.05) is 12.1 Å². The fourth-order valence-corrected chi connectivity index (χ4v) is 3.40. The maximum absolute atomic E-state index is 12.5. The molecular weight excluding hydrogens is 290 g/mol. The molecular formula is C19H23NO3. The number of fused-ring (bicyclic) bond motifs is 1. The third-order valence-corrected chi connectivity index (χ3v) is 4.60. The third kappa shape index (κ3) is 3.37. The maximum atomic E-state index is 12.5. The van der Waals surface area contributed by atoms with Crippen molar-refractivity contribution < 1.29 is 14.3 Å². The Kier molecular flexibility index (Phi) is 4.91. The minimum Gasteiger partial charge on any atom is -0.346 e. The number of amides is 1. The van der Waals surface area contributed by atoms with Crippen LogP contribution in [0.2, 0.25) is 0 Å². The first-order chi connectivity index (χ1) is 11.2. The summed E-state index contributed by atoms with van der Waals surface area (Å²) in [5, 5.41) is 0. The van der Waals surface area contributed by atoms with Crippen LogP contribution in [0.3, 0.4) is 0 Å². The standard InChI is InChI=1S/C19H23NO3/c1-14(21)20-17-11-7-6-10-16(17)18(22)19(20)23-13-12-15-8-4-2-3-5-9-15/h6-7,10-12,19H,2-5,8-9,13H2,1H3. The van der Waals surface area contributed by atoms with Gasteiger partial charge in [-0.1, -0.05) is 36.6 Å². The Morgan fingerprint density at radius 2 is 1.91 bits per heavy atom. The third-order valence-electron chi connectivity index (χ3n) is 4.60. The van der Waals surface area contributed by atoms with Crippen molar-refractivity contribution in [3.63, 3.8) is 0 Å². The molecule has 0 N–H and O–H groups in total. The summed E-state index contributed by atoms with van der Waals surface area (Å²) in [6, 6.07) is 7.19. The maximum Gasteiger partial charge on any atom is 0.226 e. The van der Waals surface area contributed by atoms with E-state index >= 15 is 0 Å². The highest BCUT2D eigenvalue weighted by molar-refractivity contribution is 6.16. The largest absolute Gasteiger partial charge is 0.346 e. The number of ether oxygens (including phenoxy) is 1. The van der Waals surface area contributed by atoms with Gasteiger partial charge in [-0.2, -0.15) is 0 Å². The number of nitrogens with zero attached hydrogens (tertiary/aromatic N) is 1. The quantitative estimate of drug-likeness (QED) is 0.629. The van der Waals surface area contributed by atoms with Crippen molar-refractivity contribution in [3.8, 4) is 0 Å². The van der Waals surface area contributed by atoms with Crippen molar-refractivity contribution in [2.75, 3.05) is 11.5 Å². The summed E-state index contributed by atoms with van der Waals surface area (Å²) in [6.45, 7) is 1.85. The average molecular weight is 313 g/mol. The van der Waals surface area contributed by atoms with Crippen LogP contribution >= 0.6 is 0 Å². The molecule has 0 spiro atoms. The Morgan fingerprint density at radius 1 is 1.22 bits per heavy atom. The summed E-state index contributed by atoms with van der Waals surface area (Å²) in [5.41, 5.74) is 2.63. The van der Waals surface area contributed by atoms with E-state index in [1.54, 1.807) is 12.1 Å². The second-order valence-corrected chi connectivity index (χ2v) is 6.23. The van der Waals surface area contributed by atoms with Gasteiger partial charge in [-0.05, 0) is 37.8 Å². The number of para-hydroxylation sites is 1. The van der Waals surface area contributed by atoms with Crippen LogP contribution in [0.1, 0.15) is 55.8 Å². The number of anilines is 1. The van der Waals surface area contributed by atoms with E-state index < -0.39 is 6.23 Å². The lowest BCUT2D eigenvalue weighted by molar-refractivity contribution is -0.118. The molecule has 1 amide bonds. The summed E-state index contributed by atoms with van der Waals surface area (Å²) < 4.78 is 5.79. The molecule has 4 heteroatoms. The van der Waals surface area contributed by atoms with Crippen LogP contribution in [0.4, 0.5) is 5.69 Å². The molecule has 1 aliphatic heterocycles. The molecule has 1 saturated carbocycles. The SMILES string of the molecule is CC(=O)N1c2ccccc2C(=O)C1OCC=C1CCCCCC1. The van der Waals surface area contributed by atoms with Crippen LogP contribution in [-0.4, -0.2) is 24.5 Å². The van der Waals surface area contributed by atoms with Gasteiger partial charge >= 0.3 is 0 Å². The molecule has 3 rings (SSSR count). The molecule has 1 heterocycles. The Labute approximate surface area is 137 Å². The second-order valence-electron chi connectivity index (χ2n) is 6.23. The summed E-state index contributed by atoms with van der Waals surface area (Å²) >= 11 is 0. The fraction of sp³-hybridized carbons (Fsp3) is 0.474. The van der Waals surface area contributed by atoms with E-state index in [0.717, 1.165) is 12.8 Å². The van der Waals surface area contributed by atoms with Crippen LogP contribution in [0, 0.1) is 0 Å². The highest BCUT2D eigenvalue weighted by atomic mass is 16.5. The topological polar surface area (TPSA) is 46.6 Å². The first kappa shape index (κ1) is 15.9. The summed E-state index contributed by atoms with van der Waals surface area (Å²) in [4.78, 5) is 25.9. The lowest BCUT2D eigenvalue weighted by Crippen LogP contribution is -2.40. The molecule has 23 heavy (non-hydrogen) atoms. The predicted octanol–water partition coefficient (Wildman–Crippen LogP) is 3.86. The number of allylic oxidation sites excluding steroid dienone is 1. The van der Waals surface area contributed by atoms with E-state index in [4.69, 9.17) is 4.74 Å². The van der Waals surface area contributed by atoms with Gasteiger partial charge in [0.05, 0.1) is 12.3 Å². The van der Waals surface area contributed by atoms with Gasteiger partial charge in [-0.25, -0.2) is 0 Å².